The van der Waals surface area contributed by atoms with E-state index < -0.39 is 0 Å². The molecule has 0 radical (unpaired) electrons. The van der Waals surface area contributed by atoms with E-state index in [9.17, 15) is 0 Å². The van der Waals surface area contributed by atoms with Crippen LogP contribution in [0.2, 0.25) is 0 Å². The largest absolute Gasteiger partial charge is 0.389 e. The van der Waals surface area contributed by atoms with E-state index in [0.29, 0.717) is 12.0 Å². The molecule has 0 unspecified atom stereocenters. The average Bonchev–Trinajstić information content (AvgIpc) is 2.46. The predicted molar refractivity (Wildman–Crippen MR) is 63.8 cm³/mol. The number of nitrogen functional groups attached to an aromatic ring is 1. The summed E-state index contributed by atoms with van der Waals surface area (Å²) in [5.74, 6) is 0.641. The Kier molecular flexibility index (Phi) is 3.75. The Morgan fingerprint density at radius 2 is 2.07 bits per heavy atom. The molecule has 1 aromatic rings. The van der Waals surface area contributed by atoms with Gasteiger partial charge in [-0.2, -0.15) is 0 Å². The van der Waals surface area contributed by atoms with Crippen molar-refractivity contribution in [1.82, 2.24) is 4.98 Å². The van der Waals surface area contributed by atoms with E-state index in [-0.39, 0.29) is 0 Å². The molecular formula is C10H19N3S. The maximum absolute atomic E-state index is 5.68. The zero-order valence-corrected chi connectivity index (χ0v) is 10.1. The second-order valence-electron chi connectivity index (χ2n) is 4.19. The predicted octanol–water partition coefficient (Wildman–Crippen LogP) is 2.60. The fraction of sp³-hybridized carbons (Fsp3) is 0.700. The lowest BCUT2D eigenvalue weighted by atomic mass is 10.2. The van der Waals surface area contributed by atoms with E-state index in [1.54, 1.807) is 17.5 Å². The number of nitrogens with zero attached hydrogens (tertiary/aromatic N) is 2. The summed E-state index contributed by atoms with van der Waals surface area (Å²) in [6.45, 7) is 9.82. The van der Waals surface area contributed by atoms with Crippen LogP contribution in [0.4, 0.5) is 10.1 Å². The maximum atomic E-state index is 5.68. The lowest BCUT2D eigenvalue weighted by Gasteiger charge is -2.27. The van der Waals surface area contributed by atoms with Crippen LogP contribution in [0, 0.1) is 5.92 Å². The van der Waals surface area contributed by atoms with Gasteiger partial charge in [0.1, 0.15) is 5.00 Å². The molecule has 0 fully saturated rings. The summed E-state index contributed by atoms with van der Waals surface area (Å²) in [6.07, 6.45) is 1.73. The number of hydrogen-bond acceptors (Lipinski definition) is 4. The van der Waals surface area contributed by atoms with E-state index in [2.05, 4.69) is 37.6 Å². The molecule has 0 aromatic carbocycles. The van der Waals surface area contributed by atoms with Crippen molar-refractivity contribution in [3.05, 3.63) is 6.20 Å². The average molecular weight is 213 g/mol. The zero-order chi connectivity index (χ0) is 10.7. The van der Waals surface area contributed by atoms with E-state index in [4.69, 9.17) is 5.73 Å². The molecule has 1 aromatic heterocycles. The number of thiazole rings is 1. The Morgan fingerprint density at radius 3 is 2.43 bits per heavy atom. The topological polar surface area (TPSA) is 42.2 Å². The third-order valence-electron chi connectivity index (χ3n) is 1.94. The zero-order valence-electron chi connectivity index (χ0n) is 9.32. The van der Waals surface area contributed by atoms with Crippen LogP contribution in [0.5, 0.6) is 0 Å². The van der Waals surface area contributed by atoms with Crippen molar-refractivity contribution in [2.24, 2.45) is 5.92 Å². The molecule has 2 N–H and O–H groups in total. The number of nitrogens with two attached hydrogens (primary N) is 1. The molecule has 0 saturated heterocycles. The molecule has 0 spiro atoms. The first-order valence-electron chi connectivity index (χ1n) is 4.98. The highest BCUT2D eigenvalue weighted by Crippen LogP contribution is 2.26. The molecule has 0 bridgehead atoms. The Morgan fingerprint density at radius 1 is 1.43 bits per heavy atom. The monoisotopic (exact) mass is 213 g/mol. The normalized spacial score (nSPS) is 11.3. The second kappa shape index (κ2) is 4.64. The molecule has 0 aliphatic rings. The highest BCUT2D eigenvalue weighted by Gasteiger charge is 2.14. The van der Waals surface area contributed by atoms with Gasteiger partial charge in [0.05, 0.1) is 6.20 Å². The van der Waals surface area contributed by atoms with Crippen molar-refractivity contribution in [3.8, 4) is 0 Å². The van der Waals surface area contributed by atoms with Crippen LogP contribution >= 0.6 is 11.3 Å². The first kappa shape index (κ1) is 11.3. The van der Waals surface area contributed by atoms with Crippen molar-refractivity contribution in [2.45, 2.75) is 33.7 Å². The van der Waals surface area contributed by atoms with Crippen molar-refractivity contribution in [2.75, 3.05) is 17.2 Å². The quantitative estimate of drug-likeness (QED) is 0.836. The number of rotatable bonds is 4. The van der Waals surface area contributed by atoms with Crippen LogP contribution < -0.4 is 10.6 Å². The highest BCUT2D eigenvalue weighted by molar-refractivity contribution is 7.19. The maximum Gasteiger partial charge on any atom is 0.187 e. The van der Waals surface area contributed by atoms with Crippen molar-refractivity contribution < 1.29 is 0 Å². The van der Waals surface area contributed by atoms with Crippen molar-refractivity contribution >= 4 is 21.5 Å². The van der Waals surface area contributed by atoms with Crippen LogP contribution in [0.3, 0.4) is 0 Å². The van der Waals surface area contributed by atoms with Gasteiger partial charge in [0.25, 0.3) is 0 Å². The molecule has 4 heteroatoms. The fourth-order valence-corrected chi connectivity index (χ4v) is 2.14. The Hall–Kier alpha value is -0.770. The van der Waals surface area contributed by atoms with Crippen LogP contribution in [0.25, 0.3) is 0 Å². The Balaban J connectivity index is 2.77. The first-order chi connectivity index (χ1) is 6.50. The molecule has 1 heterocycles. The Labute approximate surface area is 89.9 Å². The molecule has 0 saturated carbocycles. The van der Waals surface area contributed by atoms with Crippen molar-refractivity contribution in [3.63, 3.8) is 0 Å². The SMILES string of the molecule is CC(C)CN(c1ncc(N)s1)C(C)C. The molecule has 14 heavy (non-hydrogen) atoms. The van der Waals surface area contributed by atoms with Crippen LogP contribution in [-0.4, -0.2) is 17.6 Å². The van der Waals surface area contributed by atoms with E-state index >= 15 is 0 Å². The molecule has 0 amide bonds. The van der Waals surface area contributed by atoms with Gasteiger partial charge in [-0.25, -0.2) is 4.98 Å². The van der Waals surface area contributed by atoms with Crippen LogP contribution in [0.15, 0.2) is 6.20 Å². The van der Waals surface area contributed by atoms with Gasteiger partial charge in [-0.05, 0) is 19.8 Å². The van der Waals surface area contributed by atoms with Gasteiger partial charge in [-0.3, -0.25) is 0 Å². The smallest absolute Gasteiger partial charge is 0.187 e. The van der Waals surface area contributed by atoms with Gasteiger partial charge in [0, 0.05) is 12.6 Å². The van der Waals surface area contributed by atoms with Gasteiger partial charge in [0.2, 0.25) is 0 Å². The molecule has 0 atom stereocenters. The summed E-state index contributed by atoms with van der Waals surface area (Å²) in [5.41, 5.74) is 5.68. The lowest BCUT2D eigenvalue weighted by molar-refractivity contribution is 0.570. The highest BCUT2D eigenvalue weighted by atomic mass is 32.1. The standard InChI is InChI=1S/C10H19N3S/c1-7(2)6-13(8(3)4)10-12-5-9(11)14-10/h5,7-8H,6,11H2,1-4H3. The minimum Gasteiger partial charge on any atom is -0.389 e. The lowest BCUT2D eigenvalue weighted by Crippen LogP contribution is -2.33. The second-order valence-corrected chi connectivity index (χ2v) is 5.23. The summed E-state index contributed by atoms with van der Waals surface area (Å²) < 4.78 is 0. The van der Waals surface area contributed by atoms with E-state index in [1.165, 1.54) is 0 Å². The first-order valence-corrected chi connectivity index (χ1v) is 5.80. The minimum absolute atomic E-state index is 0.475. The molecule has 80 valence electrons. The Bertz CT molecular complexity index is 281. The summed E-state index contributed by atoms with van der Waals surface area (Å²) in [6, 6.07) is 0.475. The summed E-state index contributed by atoms with van der Waals surface area (Å²) in [4.78, 5) is 6.61. The van der Waals surface area contributed by atoms with Crippen LogP contribution in [-0.2, 0) is 0 Å². The van der Waals surface area contributed by atoms with Crippen LogP contribution in [0.1, 0.15) is 27.7 Å². The van der Waals surface area contributed by atoms with Gasteiger partial charge in [-0.15, -0.1) is 0 Å². The number of aromatic nitrogens is 1. The molecular weight excluding hydrogens is 194 g/mol. The summed E-state index contributed by atoms with van der Waals surface area (Å²) >= 11 is 1.56. The fourth-order valence-electron chi connectivity index (χ4n) is 1.31. The number of hydrogen-bond donors (Lipinski definition) is 1. The van der Waals surface area contributed by atoms with Gasteiger partial charge in [-0.1, -0.05) is 25.2 Å². The minimum atomic E-state index is 0.475. The molecule has 3 nitrogen and oxygen atoms in total. The van der Waals surface area contributed by atoms with Gasteiger partial charge < -0.3 is 10.6 Å². The molecule has 0 aliphatic heterocycles. The molecule has 0 aliphatic carbocycles. The number of anilines is 2. The summed E-state index contributed by atoms with van der Waals surface area (Å²) in [5, 5.41) is 1.82. The van der Waals surface area contributed by atoms with Gasteiger partial charge in [0.15, 0.2) is 5.13 Å². The molecule has 1 rings (SSSR count). The van der Waals surface area contributed by atoms with E-state index in [1.807, 2.05) is 0 Å². The third kappa shape index (κ3) is 2.87. The van der Waals surface area contributed by atoms with Crippen molar-refractivity contribution in [1.29, 1.82) is 0 Å². The third-order valence-corrected chi connectivity index (χ3v) is 2.81. The van der Waals surface area contributed by atoms with E-state index in [0.717, 1.165) is 16.7 Å². The van der Waals surface area contributed by atoms with Gasteiger partial charge >= 0.3 is 0 Å². The summed E-state index contributed by atoms with van der Waals surface area (Å²) in [7, 11) is 0.